The molecule has 2 aromatic rings. The van der Waals surface area contributed by atoms with E-state index in [-0.39, 0.29) is 34.6 Å². The van der Waals surface area contributed by atoms with E-state index in [0.717, 1.165) is 23.8 Å². The van der Waals surface area contributed by atoms with E-state index in [1.54, 1.807) is 7.05 Å². The van der Waals surface area contributed by atoms with Crippen LogP contribution in [0.4, 0.5) is 5.69 Å². The molecule has 0 unspecified atom stereocenters. The number of nitrogens with one attached hydrogen (secondary N) is 3. The number of likely N-dealkylation sites (N-methyl/N-ethyl adjacent to an activating group) is 1. The van der Waals surface area contributed by atoms with E-state index in [0.29, 0.717) is 13.1 Å². The van der Waals surface area contributed by atoms with E-state index >= 15 is 0 Å². The molecule has 3 rings (SSSR count). The quantitative estimate of drug-likeness (QED) is 0.251. The standard InChI is InChI=1S/C23H31N5OS.HI/c1-24-22(26-17-23(12-13-23)30-20-10-5-4-6-11-20)25-15-18-8-7-9-19(14-18)27-21(29)16-28(2)3;/h4-11,14H,12-13,15-17H2,1-3H3,(H,27,29)(H2,24,25,26);1H. The van der Waals surface area contributed by atoms with Crippen LogP contribution in [0.3, 0.4) is 0 Å². The van der Waals surface area contributed by atoms with Crippen molar-refractivity contribution in [2.24, 2.45) is 4.99 Å². The number of benzene rings is 2. The number of thioether (sulfide) groups is 1. The van der Waals surface area contributed by atoms with E-state index < -0.39 is 0 Å². The molecular formula is C23H32IN5OS. The summed E-state index contributed by atoms with van der Waals surface area (Å²) >= 11 is 1.95. The van der Waals surface area contributed by atoms with Gasteiger partial charge in [-0.3, -0.25) is 9.79 Å². The van der Waals surface area contributed by atoms with Crippen molar-refractivity contribution in [3.8, 4) is 0 Å². The van der Waals surface area contributed by atoms with Crippen LogP contribution in [0.1, 0.15) is 18.4 Å². The fourth-order valence-corrected chi connectivity index (χ4v) is 4.33. The topological polar surface area (TPSA) is 68.8 Å². The number of guanidine groups is 1. The Labute approximate surface area is 206 Å². The van der Waals surface area contributed by atoms with Crippen molar-refractivity contribution in [3.63, 3.8) is 0 Å². The number of anilines is 1. The molecule has 0 bridgehead atoms. The molecule has 0 atom stereocenters. The van der Waals surface area contributed by atoms with E-state index in [2.05, 4.69) is 51.3 Å². The van der Waals surface area contributed by atoms with Crippen LogP contribution in [0.5, 0.6) is 0 Å². The van der Waals surface area contributed by atoms with E-state index in [4.69, 9.17) is 0 Å². The lowest BCUT2D eigenvalue weighted by molar-refractivity contribution is -0.116. The normalized spacial score (nSPS) is 14.5. The molecule has 1 aliphatic rings. The number of carbonyl (C=O) groups is 1. The van der Waals surface area contributed by atoms with Gasteiger partial charge in [-0.15, -0.1) is 35.7 Å². The number of nitrogens with zero attached hydrogens (tertiary/aromatic N) is 2. The van der Waals surface area contributed by atoms with E-state index in [1.807, 2.05) is 55.0 Å². The third-order valence-corrected chi connectivity index (χ3v) is 6.31. The Morgan fingerprint density at radius 3 is 2.48 bits per heavy atom. The molecule has 1 fully saturated rings. The zero-order valence-corrected chi connectivity index (χ0v) is 21.5. The average Bonchev–Trinajstić information content (AvgIpc) is 3.48. The minimum Gasteiger partial charge on any atom is -0.355 e. The zero-order valence-electron chi connectivity index (χ0n) is 18.4. The van der Waals surface area contributed by atoms with Gasteiger partial charge in [0.1, 0.15) is 0 Å². The maximum Gasteiger partial charge on any atom is 0.238 e. The Morgan fingerprint density at radius 2 is 1.84 bits per heavy atom. The smallest absolute Gasteiger partial charge is 0.238 e. The molecule has 1 amide bonds. The predicted octanol–water partition coefficient (Wildman–Crippen LogP) is 3.79. The van der Waals surface area contributed by atoms with Gasteiger partial charge in [-0.05, 0) is 56.8 Å². The summed E-state index contributed by atoms with van der Waals surface area (Å²) in [7, 11) is 5.54. The van der Waals surface area contributed by atoms with Gasteiger partial charge in [0.2, 0.25) is 5.91 Å². The molecule has 3 N–H and O–H groups in total. The molecular weight excluding hydrogens is 521 g/mol. The maximum atomic E-state index is 12.0. The fourth-order valence-electron chi connectivity index (χ4n) is 3.09. The Kier molecular flexibility index (Phi) is 10.1. The van der Waals surface area contributed by atoms with Gasteiger partial charge in [-0.25, -0.2) is 0 Å². The molecule has 1 aliphatic carbocycles. The van der Waals surface area contributed by atoms with Gasteiger partial charge in [0.05, 0.1) is 6.54 Å². The number of halogens is 1. The highest BCUT2D eigenvalue weighted by atomic mass is 127. The molecule has 1 saturated carbocycles. The van der Waals surface area contributed by atoms with Gasteiger partial charge >= 0.3 is 0 Å². The highest BCUT2D eigenvalue weighted by Gasteiger charge is 2.43. The first-order chi connectivity index (χ1) is 14.5. The van der Waals surface area contributed by atoms with Crippen molar-refractivity contribution >= 4 is 53.3 Å². The first kappa shape index (κ1) is 25.5. The molecule has 6 nitrogen and oxygen atoms in total. The Bertz CT molecular complexity index is 871. The van der Waals surface area contributed by atoms with E-state index in [1.165, 1.54) is 17.7 Å². The second-order valence-electron chi connectivity index (χ2n) is 7.86. The van der Waals surface area contributed by atoms with Crippen molar-refractivity contribution in [2.45, 2.75) is 29.0 Å². The SMILES string of the molecule is CN=C(NCc1cccc(NC(=O)CN(C)C)c1)NCC1(Sc2ccccc2)CC1.I. The van der Waals surface area contributed by atoms with Crippen molar-refractivity contribution in [1.82, 2.24) is 15.5 Å². The molecule has 0 aliphatic heterocycles. The zero-order chi connectivity index (χ0) is 21.4. The fraction of sp³-hybridized carbons (Fsp3) is 0.391. The highest BCUT2D eigenvalue weighted by molar-refractivity contribution is 14.0. The lowest BCUT2D eigenvalue weighted by Crippen LogP contribution is -2.40. The van der Waals surface area contributed by atoms with E-state index in [9.17, 15) is 4.79 Å². The average molecular weight is 554 g/mol. The van der Waals surface area contributed by atoms with Crippen molar-refractivity contribution in [2.75, 3.05) is 39.5 Å². The van der Waals surface area contributed by atoms with Crippen LogP contribution in [-0.2, 0) is 11.3 Å². The van der Waals surface area contributed by atoms with Crippen molar-refractivity contribution in [1.29, 1.82) is 0 Å². The molecule has 2 aromatic carbocycles. The van der Waals surface area contributed by atoms with Gasteiger partial charge in [-0.1, -0.05) is 30.3 Å². The molecule has 8 heteroatoms. The number of aliphatic imine (C=N–C) groups is 1. The molecule has 0 heterocycles. The third kappa shape index (κ3) is 8.70. The first-order valence-electron chi connectivity index (χ1n) is 10.2. The molecule has 168 valence electrons. The second-order valence-corrected chi connectivity index (χ2v) is 9.41. The number of rotatable bonds is 9. The second kappa shape index (κ2) is 12.3. The summed E-state index contributed by atoms with van der Waals surface area (Å²) in [5.74, 6) is 0.769. The van der Waals surface area contributed by atoms with Gasteiger partial charge < -0.3 is 20.9 Å². The molecule has 0 aromatic heterocycles. The number of amides is 1. The van der Waals surface area contributed by atoms with Crippen LogP contribution in [0, 0.1) is 0 Å². The van der Waals surface area contributed by atoms with Crippen LogP contribution < -0.4 is 16.0 Å². The summed E-state index contributed by atoms with van der Waals surface area (Å²) in [5, 5.41) is 9.78. The summed E-state index contributed by atoms with van der Waals surface area (Å²) in [4.78, 5) is 19.5. The maximum absolute atomic E-state index is 12.0. The Hall–Kier alpha value is -1.78. The van der Waals surface area contributed by atoms with Crippen LogP contribution in [0.15, 0.2) is 64.5 Å². The minimum atomic E-state index is -0.0202. The Morgan fingerprint density at radius 1 is 1.10 bits per heavy atom. The van der Waals surface area contributed by atoms with Crippen LogP contribution in [-0.4, -0.2) is 55.7 Å². The van der Waals surface area contributed by atoms with Crippen molar-refractivity contribution in [3.05, 3.63) is 60.2 Å². The van der Waals surface area contributed by atoms with Gasteiger partial charge in [0.25, 0.3) is 0 Å². The number of carbonyl (C=O) groups excluding carboxylic acids is 1. The molecule has 31 heavy (non-hydrogen) atoms. The minimum absolute atomic E-state index is 0. The Balaban J connectivity index is 0.00000341. The third-order valence-electron chi connectivity index (χ3n) is 4.82. The summed E-state index contributed by atoms with van der Waals surface area (Å²) < 4.78 is 0.260. The summed E-state index contributed by atoms with van der Waals surface area (Å²) in [6.45, 7) is 1.88. The van der Waals surface area contributed by atoms with Crippen LogP contribution >= 0.6 is 35.7 Å². The molecule has 0 radical (unpaired) electrons. The number of hydrogen-bond acceptors (Lipinski definition) is 4. The summed E-state index contributed by atoms with van der Waals surface area (Å²) in [5.41, 5.74) is 1.89. The van der Waals surface area contributed by atoms with Crippen molar-refractivity contribution < 1.29 is 4.79 Å². The number of hydrogen-bond donors (Lipinski definition) is 3. The van der Waals surface area contributed by atoms with Gasteiger partial charge in [0, 0.05) is 35.5 Å². The van der Waals surface area contributed by atoms with Gasteiger partial charge in [0.15, 0.2) is 5.96 Å². The lowest BCUT2D eigenvalue weighted by Gasteiger charge is -2.18. The predicted molar refractivity (Wildman–Crippen MR) is 142 cm³/mol. The molecule has 0 spiro atoms. The monoisotopic (exact) mass is 553 g/mol. The summed E-state index contributed by atoms with van der Waals surface area (Å²) in [6.07, 6.45) is 2.43. The van der Waals surface area contributed by atoms with Crippen LogP contribution in [0.2, 0.25) is 0 Å². The lowest BCUT2D eigenvalue weighted by atomic mass is 10.2. The van der Waals surface area contributed by atoms with Crippen LogP contribution in [0.25, 0.3) is 0 Å². The van der Waals surface area contributed by atoms with Gasteiger partial charge in [-0.2, -0.15) is 0 Å². The highest BCUT2D eigenvalue weighted by Crippen LogP contribution is 2.51. The first-order valence-corrected chi connectivity index (χ1v) is 11.0. The molecule has 0 saturated heterocycles. The largest absolute Gasteiger partial charge is 0.355 e. The summed E-state index contributed by atoms with van der Waals surface area (Å²) in [6, 6.07) is 18.4.